The van der Waals surface area contributed by atoms with Crippen molar-refractivity contribution in [3.05, 3.63) is 64.7 Å². The molecule has 3 aliphatic rings. The molecule has 1 saturated heterocycles. The van der Waals surface area contributed by atoms with Crippen LogP contribution in [0.25, 0.3) is 0 Å². The molecule has 0 bridgehead atoms. The van der Waals surface area contributed by atoms with Gasteiger partial charge < -0.3 is 20.3 Å². The lowest BCUT2D eigenvalue weighted by Gasteiger charge is -2.18. The molecule has 0 radical (unpaired) electrons. The number of ether oxygens (including phenoxy) is 1. The van der Waals surface area contributed by atoms with Crippen LogP contribution in [0.1, 0.15) is 44.7 Å². The van der Waals surface area contributed by atoms with Gasteiger partial charge in [-0.05, 0) is 17.7 Å². The fourth-order valence-electron chi connectivity index (χ4n) is 4.96. The molecule has 2 heterocycles. The van der Waals surface area contributed by atoms with Crippen molar-refractivity contribution in [1.82, 2.24) is 15.5 Å². The van der Waals surface area contributed by atoms with Gasteiger partial charge in [0.25, 0.3) is 11.8 Å². The largest absolute Gasteiger partial charge is 0.491 e. The summed E-state index contributed by atoms with van der Waals surface area (Å²) in [6, 6.07) is 13.5. The molecular weight excluding hydrogens is 394 g/mol. The number of hydrogen-bond donors (Lipinski definition) is 2. The van der Waals surface area contributed by atoms with Crippen molar-refractivity contribution in [2.75, 3.05) is 26.7 Å². The van der Waals surface area contributed by atoms with E-state index in [1.807, 2.05) is 41.3 Å². The molecule has 0 spiro atoms. The van der Waals surface area contributed by atoms with Crippen molar-refractivity contribution >= 4 is 17.7 Å². The van der Waals surface area contributed by atoms with E-state index in [1.54, 1.807) is 20.0 Å². The predicted octanol–water partition coefficient (Wildman–Crippen LogP) is 1.78. The van der Waals surface area contributed by atoms with Gasteiger partial charge in [-0.2, -0.15) is 0 Å². The van der Waals surface area contributed by atoms with E-state index in [1.165, 1.54) is 0 Å². The summed E-state index contributed by atoms with van der Waals surface area (Å²) >= 11 is 0. The Hall–Kier alpha value is -3.35. The summed E-state index contributed by atoms with van der Waals surface area (Å²) in [4.78, 5) is 39.0. The van der Waals surface area contributed by atoms with Crippen LogP contribution in [0.5, 0.6) is 5.75 Å². The Labute approximate surface area is 180 Å². The Balaban J connectivity index is 1.41. The zero-order valence-electron chi connectivity index (χ0n) is 17.6. The van der Waals surface area contributed by atoms with Crippen LogP contribution in [0.15, 0.2) is 42.5 Å². The van der Waals surface area contributed by atoms with Crippen molar-refractivity contribution in [1.29, 1.82) is 0 Å². The molecule has 2 aromatic carbocycles. The van der Waals surface area contributed by atoms with Gasteiger partial charge in [0.1, 0.15) is 5.75 Å². The fourth-order valence-corrected chi connectivity index (χ4v) is 4.96. The van der Waals surface area contributed by atoms with E-state index < -0.39 is 0 Å². The fraction of sp³-hybridized carbons (Fsp3) is 0.375. The molecule has 1 aliphatic carbocycles. The number of carbonyl (C=O) groups excluding carboxylic acids is 3. The first-order chi connectivity index (χ1) is 15.0. The number of hydrogen-bond acceptors (Lipinski definition) is 4. The SMILES string of the molecule is CNC(=O)c1cc(C(=O)NC2[C@H]3CN(C(C)=O)C[C@@H]23)cc2c1OCC2c1ccccc1. The van der Waals surface area contributed by atoms with E-state index in [0.29, 0.717) is 48.4 Å². The van der Waals surface area contributed by atoms with Crippen LogP contribution in [-0.4, -0.2) is 55.4 Å². The number of likely N-dealkylation sites (tertiary alicyclic amines) is 1. The number of amides is 3. The van der Waals surface area contributed by atoms with Gasteiger partial charge in [-0.1, -0.05) is 30.3 Å². The molecule has 2 aromatic rings. The van der Waals surface area contributed by atoms with E-state index >= 15 is 0 Å². The van der Waals surface area contributed by atoms with E-state index in [0.717, 1.165) is 11.1 Å². The summed E-state index contributed by atoms with van der Waals surface area (Å²) in [5.74, 6) is 0.766. The van der Waals surface area contributed by atoms with Gasteiger partial charge in [-0.25, -0.2) is 0 Å². The minimum Gasteiger partial charge on any atom is -0.491 e. The van der Waals surface area contributed by atoms with E-state index in [2.05, 4.69) is 10.6 Å². The maximum Gasteiger partial charge on any atom is 0.254 e. The van der Waals surface area contributed by atoms with Gasteiger partial charge in [0.15, 0.2) is 0 Å². The highest BCUT2D eigenvalue weighted by atomic mass is 16.5. The van der Waals surface area contributed by atoms with Crippen molar-refractivity contribution in [2.45, 2.75) is 18.9 Å². The third kappa shape index (κ3) is 3.34. The molecule has 7 nitrogen and oxygen atoms in total. The highest BCUT2D eigenvalue weighted by molar-refractivity contribution is 6.02. The summed E-state index contributed by atoms with van der Waals surface area (Å²) in [5.41, 5.74) is 2.78. The maximum atomic E-state index is 13.1. The Kier molecular flexibility index (Phi) is 4.68. The molecule has 7 heteroatoms. The second-order valence-electron chi connectivity index (χ2n) is 8.55. The van der Waals surface area contributed by atoms with Gasteiger partial charge in [0, 0.05) is 62.0 Å². The van der Waals surface area contributed by atoms with Gasteiger partial charge in [-0.15, -0.1) is 0 Å². The maximum absolute atomic E-state index is 13.1. The second-order valence-corrected chi connectivity index (χ2v) is 8.55. The van der Waals surface area contributed by atoms with Gasteiger partial charge in [-0.3, -0.25) is 14.4 Å². The van der Waals surface area contributed by atoms with Gasteiger partial charge in [0.2, 0.25) is 5.91 Å². The van der Waals surface area contributed by atoms with Crippen LogP contribution < -0.4 is 15.4 Å². The van der Waals surface area contributed by atoms with E-state index in [-0.39, 0.29) is 29.7 Å². The summed E-state index contributed by atoms with van der Waals surface area (Å²) in [6.07, 6.45) is 0. The highest BCUT2D eigenvalue weighted by Crippen LogP contribution is 2.46. The minimum absolute atomic E-state index is 0.0308. The second kappa shape index (κ2) is 7.41. The molecule has 5 rings (SSSR count). The summed E-state index contributed by atoms with van der Waals surface area (Å²) in [6.45, 7) is 3.40. The minimum atomic E-state index is -0.278. The average molecular weight is 419 g/mol. The highest BCUT2D eigenvalue weighted by Gasteiger charge is 2.57. The summed E-state index contributed by atoms with van der Waals surface area (Å²) in [7, 11) is 1.57. The van der Waals surface area contributed by atoms with Crippen LogP contribution >= 0.6 is 0 Å². The summed E-state index contributed by atoms with van der Waals surface area (Å²) in [5, 5.41) is 5.76. The zero-order chi connectivity index (χ0) is 21.7. The van der Waals surface area contributed by atoms with Crippen LogP contribution in [0.2, 0.25) is 0 Å². The standard InChI is InChI=1S/C24H25N3O4/c1-13(28)27-10-18-19(11-27)21(18)26-23(29)15-8-16-20(14-6-4-3-5-7-14)12-31-22(16)17(9-15)24(30)25-2/h3-9,18-21H,10-12H2,1-2H3,(H,25,30)(H,26,29)/t18-,19+,20?,21?. The molecule has 31 heavy (non-hydrogen) atoms. The predicted molar refractivity (Wildman–Crippen MR) is 114 cm³/mol. The lowest BCUT2D eigenvalue weighted by Crippen LogP contribution is -2.36. The van der Waals surface area contributed by atoms with Crippen LogP contribution in [0, 0.1) is 11.8 Å². The first kappa shape index (κ1) is 19.6. The molecule has 2 N–H and O–H groups in total. The first-order valence-electron chi connectivity index (χ1n) is 10.6. The van der Waals surface area contributed by atoms with Crippen molar-refractivity contribution < 1.29 is 19.1 Å². The normalized spacial score (nSPS) is 25.3. The molecule has 1 saturated carbocycles. The molecule has 2 unspecified atom stereocenters. The molecule has 4 atom stereocenters. The third-order valence-corrected chi connectivity index (χ3v) is 6.76. The molecule has 160 valence electrons. The average Bonchev–Trinajstić information content (AvgIpc) is 3.15. The molecule has 3 amide bonds. The van der Waals surface area contributed by atoms with Crippen molar-refractivity contribution in [2.24, 2.45) is 11.8 Å². The quantitative estimate of drug-likeness (QED) is 0.791. The Morgan fingerprint density at radius 2 is 1.74 bits per heavy atom. The zero-order valence-corrected chi connectivity index (χ0v) is 17.6. The van der Waals surface area contributed by atoms with Gasteiger partial charge >= 0.3 is 0 Å². The number of benzene rings is 2. The summed E-state index contributed by atoms with van der Waals surface area (Å²) < 4.78 is 5.91. The molecule has 2 aliphatic heterocycles. The topological polar surface area (TPSA) is 87.7 Å². The number of nitrogens with zero attached hydrogens (tertiary/aromatic N) is 1. The molecular formula is C24H25N3O4. The Bertz CT molecular complexity index is 1060. The third-order valence-electron chi connectivity index (χ3n) is 6.76. The van der Waals surface area contributed by atoms with Crippen molar-refractivity contribution in [3.63, 3.8) is 0 Å². The first-order valence-corrected chi connectivity index (χ1v) is 10.6. The van der Waals surface area contributed by atoms with Gasteiger partial charge in [0.05, 0.1) is 12.2 Å². The number of carbonyl (C=O) groups is 3. The Morgan fingerprint density at radius 3 is 2.39 bits per heavy atom. The van der Waals surface area contributed by atoms with E-state index in [9.17, 15) is 14.4 Å². The van der Waals surface area contributed by atoms with Crippen molar-refractivity contribution in [3.8, 4) is 5.75 Å². The number of piperidine rings is 1. The van der Waals surface area contributed by atoms with Crippen LogP contribution in [0.4, 0.5) is 0 Å². The van der Waals surface area contributed by atoms with Crippen LogP contribution in [-0.2, 0) is 4.79 Å². The smallest absolute Gasteiger partial charge is 0.254 e. The monoisotopic (exact) mass is 419 g/mol. The lowest BCUT2D eigenvalue weighted by atomic mass is 9.90. The molecule has 2 fully saturated rings. The molecule has 0 aromatic heterocycles. The number of rotatable bonds is 4. The van der Waals surface area contributed by atoms with Crippen LogP contribution in [0.3, 0.4) is 0 Å². The Morgan fingerprint density at radius 1 is 1.03 bits per heavy atom. The van der Waals surface area contributed by atoms with E-state index in [4.69, 9.17) is 4.74 Å². The lowest BCUT2D eigenvalue weighted by molar-refractivity contribution is -0.128. The number of nitrogens with one attached hydrogen (secondary N) is 2. The number of fused-ring (bicyclic) bond motifs is 2.